The van der Waals surface area contributed by atoms with Crippen LogP contribution < -0.4 is 14.4 Å². The summed E-state index contributed by atoms with van der Waals surface area (Å²) in [6, 6.07) is 71.2. The fourth-order valence-corrected chi connectivity index (χ4v) is 9.47. The van der Waals surface area contributed by atoms with Gasteiger partial charge < -0.3 is 18.6 Å². The van der Waals surface area contributed by atoms with Crippen molar-refractivity contribution in [3.63, 3.8) is 0 Å². The van der Waals surface area contributed by atoms with Crippen molar-refractivity contribution in [3.8, 4) is 56.6 Å². The summed E-state index contributed by atoms with van der Waals surface area (Å²) in [5, 5.41) is 4.59. The molecule has 2 aliphatic heterocycles. The van der Waals surface area contributed by atoms with E-state index >= 15 is 0 Å². The lowest BCUT2D eigenvalue weighted by molar-refractivity contribution is 0.450. The summed E-state index contributed by atoms with van der Waals surface area (Å²) in [5.41, 5.74) is 14.3. The molecule has 13 rings (SSSR count). The maximum absolute atomic E-state index is 7.00. The Hall–Kier alpha value is -8.02. The van der Waals surface area contributed by atoms with Gasteiger partial charge >= 0.3 is 0 Å². The Morgan fingerprint density at radius 3 is 1.66 bits per heavy atom. The summed E-state index contributed by atoms with van der Waals surface area (Å²) >= 11 is 0. The molecule has 4 heterocycles. The van der Waals surface area contributed by atoms with Gasteiger partial charge in [0.05, 0.1) is 38.8 Å². The van der Waals surface area contributed by atoms with E-state index in [4.69, 9.17) is 9.47 Å². The van der Waals surface area contributed by atoms with Crippen LogP contribution in [0.2, 0.25) is 0 Å². The highest BCUT2D eigenvalue weighted by Gasteiger charge is 2.37. The number of fused-ring (bicyclic) bond motifs is 11. The van der Waals surface area contributed by atoms with Gasteiger partial charge in [-0.1, -0.05) is 115 Å². The minimum Gasteiger partial charge on any atom is -0.453 e. The van der Waals surface area contributed by atoms with Crippen LogP contribution in [0.5, 0.6) is 23.0 Å². The van der Waals surface area contributed by atoms with Gasteiger partial charge in [-0.15, -0.1) is 0 Å². The van der Waals surface area contributed by atoms with E-state index < -0.39 is 0 Å². The smallest absolute Gasteiger partial charge is 0.165 e. The molecule has 0 spiro atoms. The van der Waals surface area contributed by atoms with E-state index in [2.05, 4.69) is 196 Å². The zero-order valence-electron chi connectivity index (χ0n) is 31.7. The third-order valence-corrected chi connectivity index (χ3v) is 12.0. The monoisotopic (exact) mass is 755 g/mol. The highest BCUT2D eigenvalue weighted by atomic mass is 16.5. The third kappa shape index (κ3) is 4.67. The molecule has 11 aromatic rings. The number of rotatable bonds is 4. The van der Waals surface area contributed by atoms with E-state index in [0.717, 1.165) is 84.4 Å². The fourth-order valence-electron chi connectivity index (χ4n) is 9.47. The van der Waals surface area contributed by atoms with Crippen LogP contribution in [0.4, 0.5) is 17.1 Å². The second kappa shape index (κ2) is 12.2. The average molecular weight is 756 g/mol. The minimum absolute atomic E-state index is 0.761. The highest BCUT2D eigenvalue weighted by Crippen LogP contribution is 2.62. The zero-order chi connectivity index (χ0) is 38.6. The van der Waals surface area contributed by atoms with Crippen LogP contribution >= 0.6 is 0 Å². The van der Waals surface area contributed by atoms with Crippen molar-refractivity contribution in [2.45, 2.75) is 0 Å². The first-order chi connectivity index (χ1) is 29.3. The molecule has 0 fully saturated rings. The number of aromatic nitrogens is 2. The summed E-state index contributed by atoms with van der Waals surface area (Å²) in [4.78, 5) is 2.30. The van der Waals surface area contributed by atoms with E-state index in [-0.39, 0.29) is 0 Å². The van der Waals surface area contributed by atoms with E-state index in [1.54, 1.807) is 0 Å². The number of ether oxygens (including phenoxy) is 2. The van der Waals surface area contributed by atoms with Crippen molar-refractivity contribution in [1.29, 1.82) is 0 Å². The van der Waals surface area contributed by atoms with Gasteiger partial charge in [-0.05, 0) is 101 Å². The van der Waals surface area contributed by atoms with Crippen molar-refractivity contribution in [2.75, 3.05) is 4.90 Å². The SMILES string of the molecule is c1ccc(-c2cccc(-n3c4ccccc4c4cc(-c5ccc6c(c5)c5c7c8c(cc5n6-c5ccccc5)Oc5ccccc5N8c5ccccc5O7)ccc43)c2)cc1. The summed E-state index contributed by atoms with van der Waals surface area (Å²) in [5.74, 6) is 3.17. The molecule has 2 aromatic heterocycles. The van der Waals surface area contributed by atoms with Gasteiger partial charge in [0, 0.05) is 33.6 Å². The zero-order valence-corrected chi connectivity index (χ0v) is 31.7. The lowest BCUT2D eigenvalue weighted by Gasteiger charge is -2.38. The molecule has 0 radical (unpaired) electrons. The number of hydrogen-bond donors (Lipinski definition) is 0. The third-order valence-electron chi connectivity index (χ3n) is 12.0. The van der Waals surface area contributed by atoms with E-state index in [0.29, 0.717) is 0 Å². The summed E-state index contributed by atoms with van der Waals surface area (Å²) in [6.45, 7) is 0. The Morgan fingerprint density at radius 1 is 0.322 bits per heavy atom. The number of benzene rings is 9. The molecule has 0 unspecified atom stereocenters. The number of para-hydroxylation sites is 6. The largest absolute Gasteiger partial charge is 0.453 e. The molecule has 59 heavy (non-hydrogen) atoms. The Labute approximate surface area is 339 Å². The minimum atomic E-state index is 0.761. The van der Waals surface area contributed by atoms with E-state index in [1.807, 2.05) is 18.2 Å². The normalized spacial score (nSPS) is 12.6. The molecule has 0 bridgehead atoms. The van der Waals surface area contributed by atoms with Crippen molar-refractivity contribution < 1.29 is 9.47 Å². The predicted octanol–water partition coefficient (Wildman–Crippen LogP) is 14.9. The summed E-state index contributed by atoms with van der Waals surface area (Å²) < 4.78 is 18.5. The molecular formula is C54H33N3O2. The highest BCUT2D eigenvalue weighted by molar-refractivity contribution is 6.18. The van der Waals surface area contributed by atoms with Gasteiger partial charge in [-0.2, -0.15) is 0 Å². The molecule has 0 N–H and O–H groups in total. The number of hydrogen-bond acceptors (Lipinski definition) is 3. The molecule has 0 amide bonds. The predicted molar refractivity (Wildman–Crippen MR) is 241 cm³/mol. The molecule has 9 aromatic carbocycles. The van der Waals surface area contributed by atoms with Gasteiger partial charge in [-0.25, -0.2) is 0 Å². The fraction of sp³-hybridized carbons (Fsp3) is 0. The average Bonchev–Trinajstić information content (AvgIpc) is 3.81. The molecule has 0 saturated carbocycles. The van der Waals surface area contributed by atoms with Crippen LogP contribution in [-0.2, 0) is 0 Å². The first-order valence-corrected chi connectivity index (χ1v) is 20.0. The van der Waals surface area contributed by atoms with Crippen LogP contribution in [0.1, 0.15) is 0 Å². The van der Waals surface area contributed by atoms with Gasteiger partial charge in [-0.3, -0.25) is 4.90 Å². The van der Waals surface area contributed by atoms with Gasteiger partial charge in [0.25, 0.3) is 0 Å². The van der Waals surface area contributed by atoms with Crippen LogP contribution in [0.3, 0.4) is 0 Å². The van der Waals surface area contributed by atoms with Crippen LogP contribution in [0.25, 0.3) is 77.2 Å². The molecule has 0 saturated heterocycles. The van der Waals surface area contributed by atoms with Crippen LogP contribution in [0, 0.1) is 0 Å². The summed E-state index contributed by atoms with van der Waals surface area (Å²) in [6.07, 6.45) is 0. The summed E-state index contributed by atoms with van der Waals surface area (Å²) in [7, 11) is 0. The van der Waals surface area contributed by atoms with Gasteiger partial charge in [0.1, 0.15) is 5.69 Å². The molecule has 2 aliphatic rings. The Morgan fingerprint density at radius 2 is 0.881 bits per heavy atom. The molecule has 0 atom stereocenters. The second-order valence-electron chi connectivity index (χ2n) is 15.3. The lowest BCUT2D eigenvalue weighted by Crippen LogP contribution is -2.20. The van der Waals surface area contributed by atoms with Crippen LogP contribution in [0.15, 0.2) is 200 Å². The van der Waals surface area contributed by atoms with Crippen molar-refractivity contribution in [2.24, 2.45) is 0 Å². The number of nitrogens with zero attached hydrogens (tertiary/aromatic N) is 3. The first kappa shape index (κ1) is 32.1. The Balaban J connectivity index is 1.04. The Bertz CT molecular complexity index is 3500. The quantitative estimate of drug-likeness (QED) is 0.179. The molecule has 0 aliphatic carbocycles. The number of anilines is 3. The van der Waals surface area contributed by atoms with E-state index in [1.165, 1.54) is 32.9 Å². The molecule has 5 nitrogen and oxygen atoms in total. The second-order valence-corrected chi connectivity index (χ2v) is 15.3. The van der Waals surface area contributed by atoms with Gasteiger partial charge in [0.15, 0.2) is 23.0 Å². The van der Waals surface area contributed by atoms with Crippen molar-refractivity contribution in [1.82, 2.24) is 9.13 Å². The standard InChI is InChI=1S/C54H33N3O2/c1-3-14-34(15-4-1)35-16-13-19-39(30-35)56-43-21-8-7-20-40(43)41-31-36(26-28-44(41)56)37-27-29-45-42(32-37)52-48(55(45)38-17-5-2-6-18-38)33-51-53-54(52)59-50-25-12-10-23-47(50)57(53)46-22-9-11-24-49(46)58-51/h1-33H. The Kier molecular flexibility index (Phi) is 6.66. The molecule has 276 valence electrons. The maximum Gasteiger partial charge on any atom is 0.165 e. The lowest BCUT2D eigenvalue weighted by atomic mass is 9.99. The molecule has 5 heteroatoms. The van der Waals surface area contributed by atoms with E-state index in [9.17, 15) is 0 Å². The topological polar surface area (TPSA) is 31.6 Å². The van der Waals surface area contributed by atoms with Crippen LogP contribution in [-0.4, -0.2) is 9.13 Å². The van der Waals surface area contributed by atoms with Crippen molar-refractivity contribution >= 4 is 60.7 Å². The maximum atomic E-state index is 7.00. The van der Waals surface area contributed by atoms with Gasteiger partial charge in [0.2, 0.25) is 0 Å². The van der Waals surface area contributed by atoms with Crippen molar-refractivity contribution in [3.05, 3.63) is 200 Å². The molecular weight excluding hydrogens is 723 g/mol. The first-order valence-electron chi connectivity index (χ1n) is 20.0.